The lowest BCUT2D eigenvalue weighted by atomic mass is 9.78. The summed E-state index contributed by atoms with van der Waals surface area (Å²) in [5.74, 6) is 0.727. The van der Waals surface area contributed by atoms with Crippen LogP contribution in [0.25, 0.3) is 0 Å². The van der Waals surface area contributed by atoms with Crippen molar-refractivity contribution in [1.29, 1.82) is 0 Å². The number of likely N-dealkylation sites (tertiary alicyclic amines) is 1. The van der Waals surface area contributed by atoms with Gasteiger partial charge < -0.3 is 9.64 Å². The Bertz CT molecular complexity index is 280. The first kappa shape index (κ1) is 12.7. The zero-order valence-corrected chi connectivity index (χ0v) is 11.4. The van der Waals surface area contributed by atoms with Crippen LogP contribution in [0.2, 0.25) is 0 Å². The summed E-state index contributed by atoms with van der Waals surface area (Å²) in [5, 5.41) is 0. The second kappa shape index (κ2) is 4.87. The van der Waals surface area contributed by atoms with E-state index < -0.39 is 0 Å². The van der Waals surface area contributed by atoms with Crippen molar-refractivity contribution in [3.05, 3.63) is 0 Å². The molecule has 1 heterocycles. The average molecular weight is 239 g/mol. The number of piperidine rings is 1. The highest BCUT2D eigenvalue weighted by molar-refractivity contribution is 5.68. The van der Waals surface area contributed by atoms with Crippen LogP contribution < -0.4 is 0 Å². The molecule has 2 aliphatic rings. The van der Waals surface area contributed by atoms with Gasteiger partial charge in [0.15, 0.2) is 0 Å². The summed E-state index contributed by atoms with van der Waals surface area (Å²) < 4.78 is 5.51. The second-order valence-corrected chi connectivity index (χ2v) is 6.43. The van der Waals surface area contributed by atoms with E-state index in [0.717, 1.165) is 18.9 Å². The molecular formula is C14H25NO2. The minimum atomic E-state index is -0.376. The van der Waals surface area contributed by atoms with Crippen LogP contribution in [0.15, 0.2) is 0 Å². The van der Waals surface area contributed by atoms with Crippen molar-refractivity contribution >= 4 is 6.09 Å². The SMILES string of the molecule is CC(C)(C)OC(=O)N1CCCC2CCCCC21. The highest BCUT2D eigenvalue weighted by Crippen LogP contribution is 2.35. The Hall–Kier alpha value is -0.730. The molecule has 0 spiro atoms. The molecule has 0 bridgehead atoms. The van der Waals surface area contributed by atoms with Gasteiger partial charge in [-0.2, -0.15) is 0 Å². The van der Waals surface area contributed by atoms with E-state index in [1.807, 2.05) is 25.7 Å². The third kappa shape index (κ3) is 3.14. The van der Waals surface area contributed by atoms with Crippen LogP contribution in [0.4, 0.5) is 4.79 Å². The fourth-order valence-electron chi connectivity index (χ4n) is 3.17. The number of carbonyl (C=O) groups is 1. The molecule has 0 aromatic rings. The molecule has 0 aromatic heterocycles. The number of fused-ring (bicyclic) bond motifs is 1. The lowest BCUT2D eigenvalue weighted by molar-refractivity contribution is -0.00725. The smallest absolute Gasteiger partial charge is 0.410 e. The molecule has 0 aromatic carbocycles. The van der Waals surface area contributed by atoms with Crippen molar-refractivity contribution in [2.45, 2.75) is 70.9 Å². The van der Waals surface area contributed by atoms with Crippen LogP contribution in [-0.4, -0.2) is 29.2 Å². The molecule has 2 fully saturated rings. The van der Waals surface area contributed by atoms with E-state index in [9.17, 15) is 4.79 Å². The minimum Gasteiger partial charge on any atom is -0.444 e. The Morgan fingerprint density at radius 2 is 1.76 bits per heavy atom. The Kier molecular flexibility index (Phi) is 3.64. The normalized spacial score (nSPS) is 29.7. The van der Waals surface area contributed by atoms with E-state index in [-0.39, 0.29) is 11.7 Å². The Morgan fingerprint density at radius 3 is 2.47 bits per heavy atom. The Morgan fingerprint density at radius 1 is 1.12 bits per heavy atom. The Labute approximate surface area is 105 Å². The first-order valence-electron chi connectivity index (χ1n) is 6.97. The summed E-state index contributed by atoms with van der Waals surface area (Å²) in [5.41, 5.74) is -0.376. The fraction of sp³-hybridized carbons (Fsp3) is 0.929. The van der Waals surface area contributed by atoms with Crippen molar-refractivity contribution < 1.29 is 9.53 Å². The van der Waals surface area contributed by atoms with E-state index >= 15 is 0 Å². The second-order valence-electron chi connectivity index (χ2n) is 6.43. The predicted molar refractivity (Wildman–Crippen MR) is 67.9 cm³/mol. The van der Waals surface area contributed by atoms with Gasteiger partial charge in [-0.1, -0.05) is 12.8 Å². The van der Waals surface area contributed by atoms with Gasteiger partial charge in [-0.15, -0.1) is 0 Å². The maximum absolute atomic E-state index is 12.2. The highest BCUT2D eigenvalue weighted by atomic mass is 16.6. The summed E-state index contributed by atoms with van der Waals surface area (Å²) in [6, 6.07) is 0.451. The molecule has 2 atom stereocenters. The minimum absolute atomic E-state index is 0.103. The zero-order valence-electron chi connectivity index (χ0n) is 11.4. The van der Waals surface area contributed by atoms with Gasteiger partial charge >= 0.3 is 6.09 Å². The monoisotopic (exact) mass is 239 g/mol. The number of hydrogen-bond acceptors (Lipinski definition) is 2. The van der Waals surface area contributed by atoms with Crippen LogP contribution in [0.1, 0.15) is 59.3 Å². The summed E-state index contributed by atoms with van der Waals surface area (Å²) in [6.07, 6.45) is 7.40. The van der Waals surface area contributed by atoms with Crippen LogP contribution in [-0.2, 0) is 4.74 Å². The van der Waals surface area contributed by atoms with Gasteiger partial charge in [0.05, 0.1) is 0 Å². The molecule has 3 heteroatoms. The standard InChI is InChI=1S/C14H25NO2/c1-14(2,3)17-13(16)15-10-6-8-11-7-4-5-9-12(11)15/h11-12H,4-10H2,1-3H3. The molecule has 1 saturated carbocycles. The van der Waals surface area contributed by atoms with Crippen LogP contribution in [0.5, 0.6) is 0 Å². The molecular weight excluding hydrogens is 214 g/mol. The zero-order chi connectivity index (χ0) is 12.5. The van der Waals surface area contributed by atoms with E-state index in [0.29, 0.717) is 6.04 Å². The first-order chi connectivity index (χ1) is 7.97. The molecule has 3 nitrogen and oxygen atoms in total. The first-order valence-corrected chi connectivity index (χ1v) is 6.97. The number of ether oxygens (including phenoxy) is 1. The third-order valence-corrected chi connectivity index (χ3v) is 3.87. The van der Waals surface area contributed by atoms with Gasteiger partial charge in [-0.3, -0.25) is 0 Å². The van der Waals surface area contributed by atoms with E-state index in [1.165, 1.54) is 32.1 Å². The summed E-state index contributed by atoms with van der Waals surface area (Å²) in [6.45, 7) is 6.70. The molecule has 1 aliphatic carbocycles. The van der Waals surface area contributed by atoms with Gasteiger partial charge in [0.25, 0.3) is 0 Å². The molecule has 17 heavy (non-hydrogen) atoms. The van der Waals surface area contributed by atoms with E-state index in [2.05, 4.69) is 0 Å². The Balaban J connectivity index is 2.01. The van der Waals surface area contributed by atoms with Gasteiger partial charge in [-0.05, 0) is 52.4 Å². The van der Waals surface area contributed by atoms with Gasteiger partial charge in [0, 0.05) is 12.6 Å². The molecule has 0 radical (unpaired) electrons. The maximum atomic E-state index is 12.2. The number of hydrogen-bond donors (Lipinski definition) is 0. The third-order valence-electron chi connectivity index (χ3n) is 3.87. The van der Waals surface area contributed by atoms with E-state index in [1.54, 1.807) is 0 Å². The van der Waals surface area contributed by atoms with Crippen molar-refractivity contribution in [1.82, 2.24) is 4.90 Å². The van der Waals surface area contributed by atoms with E-state index in [4.69, 9.17) is 4.74 Å². The molecule has 1 amide bonds. The molecule has 2 unspecified atom stereocenters. The molecule has 2 rings (SSSR count). The fourth-order valence-corrected chi connectivity index (χ4v) is 3.17. The van der Waals surface area contributed by atoms with Crippen molar-refractivity contribution in [2.75, 3.05) is 6.54 Å². The largest absolute Gasteiger partial charge is 0.444 e. The van der Waals surface area contributed by atoms with Crippen LogP contribution >= 0.6 is 0 Å². The number of nitrogens with zero attached hydrogens (tertiary/aromatic N) is 1. The number of amides is 1. The van der Waals surface area contributed by atoms with Crippen molar-refractivity contribution in [3.8, 4) is 0 Å². The van der Waals surface area contributed by atoms with Gasteiger partial charge in [-0.25, -0.2) is 4.79 Å². The highest BCUT2D eigenvalue weighted by Gasteiger charge is 2.37. The number of carbonyl (C=O) groups excluding carboxylic acids is 1. The van der Waals surface area contributed by atoms with Crippen molar-refractivity contribution in [2.24, 2.45) is 5.92 Å². The van der Waals surface area contributed by atoms with Crippen molar-refractivity contribution in [3.63, 3.8) is 0 Å². The van der Waals surface area contributed by atoms with Crippen LogP contribution in [0, 0.1) is 5.92 Å². The van der Waals surface area contributed by atoms with Crippen LogP contribution in [0.3, 0.4) is 0 Å². The molecule has 98 valence electrons. The molecule has 1 saturated heterocycles. The summed E-state index contributed by atoms with van der Waals surface area (Å²) in [7, 11) is 0. The molecule has 1 aliphatic heterocycles. The molecule has 0 N–H and O–H groups in total. The van der Waals surface area contributed by atoms with Gasteiger partial charge in [0.2, 0.25) is 0 Å². The lowest BCUT2D eigenvalue weighted by Gasteiger charge is -2.44. The lowest BCUT2D eigenvalue weighted by Crippen LogP contribution is -2.51. The summed E-state index contributed by atoms with van der Waals surface area (Å²) >= 11 is 0. The maximum Gasteiger partial charge on any atom is 0.410 e. The van der Waals surface area contributed by atoms with Gasteiger partial charge in [0.1, 0.15) is 5.60 Å². The number of rotatable bonds is 0. The summed E-state index contributed by atoms with van der Waals surface area (Å²) in [4.78, 5) is 14.2. The average Bonchev–Trinajstić information content (AvgIpc) is 2.26. The quantitative estimate of drug-likeness (QED) is 0.646. The topological polar surface area (TPSA) is 29.5 Å². The predicted octanol–water partition coefficient (Wildman–Crippen LogP) is 3.58.